The van der Waals surface area contributed by atoms with Crippen molar-refractivity contribution < 1.29 is 9.47 Å². The number of aromatic nitrogens is 4. The number of hydrogen-bond donors (Lipinski definition) is 0. The van der Waals surface area contributed by atoms with Crippen molar-refractivity contribution in [2.45, 2.75) is 45.6 Å². The number of nitrogens with zero attached hydrogens (tertiary/aromatic N) is 4. The number of hydrogen-bond acceptors (Lipinski definition) is 4. The van der Waals surface area contributed by atoms with Crippen LogP contribution in [-0.2, 0) is 6.54 Å². The van der Waals surface area contributed by atoms with Gasteiger partial charge in [0, 0.05) is 47.9 Å². The summed E-state index contributed by atoms with van der Waals surface area (Å²) in [6.07, 6.45) is 8.62. The fourth-order valence-electron chi connectivity index (χ4n) is 4.03. The third-order valence-electron chi connectivity index (χ3n) is 5.85. The lowest BCUT2D eigenvalue weighted by Gasteiger charge is -2.17. The molecule has 0 saturated carbocycles. The van der Waals surface area contributed by atoms with Crippen molar-refractivity contribution >= 4 is 0 Å². The van der Waals surface area contributed by atoms with Crippen molar-refractivity contribution in [1.82, 2.24) is 19.1 Å². The van der Waals surface area contributed by atoms with Gasteiger partial charge in [0.05, 0.1) is 20.3 Å². The monoisotopic (exact) mass is 444 g/mol. The molecule has 172 valence electrons. The van der Waals surface area contributed by atoms with Gasteiger partial charge in [-0.05, 0) is 36.8 Å². The Labute approximate surface area is 195 Å². The van der Waals surface area contributed by atoms with Gasteiger partial charge in [0.25, 0.3) is 0 Å². The standard InChI is InChI=1S/C27H32N4O2/c1-20(2)26-28-14-16-30(26)19-22-7-5-6-8-25(22)33-18-13-21(3)27-29-15-17-31(27)23-9-11-24(32-4)12-10-23/h5-12,14-17,20-21H,13,18-19H2,1-4H3. The van der Waals surface area contributed by atoms with E-state index in [0.717, 1.165) is 47.4 Å². The third kappa shape index (κ3) is 5.28. The molecular weight excluding hydrogens is 412 g/mol. The minimum absolute atomic E-state index is 0.246. The summed E-state index contributed by atoms with van der Waals surface area (Å²) in [6.45, 7) is 7.89. The molecule has 1 unspecified atom stereocenters. The Morgan fingerprint density at radius 2 is 1.61 bits per heavy atom. The van der Waals surface area contributed by atoms with Crippen molar-refractivity contribution in [3.05, 3.63) is 90.5 Å². The summed E-state index contributed by atoms with van der Waals surface area (Å²) >= 11 is 0. The molecule has 0 N–H and O–H groups in total. The fraction of sp³-hybridized carbons (Fsp3) is 0.333. The zero-order valence-electron chi connectivity index (χ0n) is 19.8. The summed E-state index contributed by atoms with van der Waals surface area (Å²) < 4.78 is 15.8. The van der Waals surface area contributed by atoms with E-state index in [9.17, 15) is 0 Å². The smallest absolute Gasteiger partial charge is 0.124 e. The van der Waals surface area contributed by atoms with Crippen LogP contribution in [0.25, 0.3) is 5.69 Å². The first-order chi connectivity index (χ1) is 16.1. The van der Waals surface area contributed by atoms with E-state index < -0.39 is 0 Å². The first-order valence-electron chi connectivity index (χ1n) is 11.5. The molecule has 0 aliphatic carbocycles. The minimum Gasteiger partial charge on any atom is -0.497 e. The van der Waals surface area contributed by atoms with Crippen LogP contribution in [-0.4, -0.2) is 32.8 Å². The van der Waals surface area contributed by atoms with Crippen LogP contribution in [0.4, 0.5) is 0 Å². The van der Waals surface area contributed by atoms with E-state index in [1.54, 1.807) is 7.11 Å². The van der Waals surface area contributed by atoms with Gasteiger partial charge in [-0.2, -0.15) is 0 Å². The minimum atomic E-state index is 0.246. The van der Waals surface area contributed by atoms with Crippen LogP contribution in [0.5, 0.6) is 11.5 Å². The van der Waals surface area contributed by atoms with E-state index in [4.69, 9.17) is 9.47 Å². The van der Waals surface area contributed by atoms with Crippen LogP contribution >= 0.6 is 0 Å². The predicted octanol–water partition coefficient (Wildman–Crippen LogP) is 5.82. The number of ether oxygens (including phenoxy) is 2. The third-order valence-corrected chi connectivity index (χ3v) is 5.85. The Balaban J connectivity index is 1.40. The molecule has 6 nitrogen and oxygen atoms in total. The zero-order chi connectivity index (χ0) is 23.2. The molecule has 0 spiro atoms. The van der Waals surface area contributed by atoms with Crippen molar-refractivity contribution in [2.24, 2.45) is 0 Å². The molecule has 0 bridgehead atoms. The molecule has 0 radical (unpaired) electrons. The van der Waals surface area contributed by atoms with Gasteiger partial charge in [0.15, 0.2) is 0 Å². The molecule has 4 rings (SSSR count). The summed E-state index contributed by atoms with van der Waals surface area (Å²) in [5, 5.41) is 0. The van der Waals surface area contributed by atoms with Gasteiger partial charge in [0.2, 0.25) is 0 Å². The highest BCUT2D eigenvalue weighted by Crippen LogP contribution is 2.25. The maximum atomic E-state index is 6.24. The van der Waals surface area contributed by atoms with Crippen molar-refractivity contribution in [3.63, 3.8) is 0 Å². The van der Waals surface area contributed by atoms with Gasteiger partial charge in [0.1, 0.15) is 23.1 Å². The van der Waals surface area contributed by atoms with Gasteiger partial charge in [-0.3, -0.25) is 0 Å². The molecule has 33 heavy (non-hydrogen) atoms. The Hall–Kier alpha value is -3.54. The second-order valence-electron chi connectivity index (χ2n) is 8.57. The van der Waals surface area contributed by atoms with Crippen LogP contribution in [0.1, 0.15) is 56.2 Å². The molecular formula is C27H32N4O2. The average molecular weight is 445 g/mol. The maximum Gasteiger partial charge on any atom is 0.124 e. The van der Waals surface area contributed by atoms with E-state index >= 15 is 0 Å². The molecule has 0 aliphatic heterocycles. The van der Waals surface area contributed by atoms with Crippen LogP contribution < -0.4 is 9.47 Å². The van der Waals surface area contributed by atoms with Gasteiger partial charge in [-0.15, -0.1) is 0 Å². The Kier molecular flexibility index (Phi) is 7.13. The van der Waals surface area contributed by atoms with Crippen LogP contribution in [0.3, 0.4) is 0 Å². The average Bonchev–Trinajstić information content (AvgIpc) is 3.50. The Morgan fingerprint density at radius 1 is 0.879 bits per heavy atom. The zero-order valence-corrected chi connectivity index (χ0v) is 19.8. The second kappa shape index (κ2) is 10.4. The lowest BCUT2D eigenvalue weighted by molar-refractivity contribution is 0.295. The first-order valence-corrected chi connectivity index (χ1v) is 11.5. The Bertz CT molecular complexity index is 1160. The van der Waals surface area contributed by atoms with E-state index in [1.807, 2.05) is 61.2 Å². The van der Waals surface area contributed by atoms with Crippen molar-refractivity contribution in [2.75, 3.05) is 13.7 Å². The van der Waals surface area contributed by atoms with Gasteiger partial charge in [-0.25, -0.2) is 9.97 Å². The summed E-state index contributed by atoms with van der Waals surface area (Å²) in [4.78, 5) is 9.12. The van der Waals surface area contributed by atoms with E-state index in [-0.39, 0.29) is 5.92 Å². The van der Waals surface area contributed by atoms with Gasteiger partial charge < -0.3 is 18.6 Å². The fourth-order valence-corrected chi connectivity index (χ4v) is 4.03. The molecule has 0 aliphatic rings. The van der Waals surface area contributed by atoms with Gasteiger partial charge in [-0.1, -0.05) is 39.0 Å². The summed E-state index contributed by atoms with van der Waals surface area (Å²) in [7, 11) is 1.68. The van der Waals surface area contributed by atoms with Crippen LogP contribution in [0, 0.1) is 0 Å². The SMILES string of the molecule is COc1ccc(-n2ccnc2C(C)CCOc2ccccc2Cn2ccnc2C(C)C)cc1. The second-order valence-corrected chi connectivity index (χ2v) is 8.57. The molecule has 4 aromatic rings. The topological polar surface area (TPSA) is 54.1 Å². The lowest BCUT2D eigenvalue weighted by Crippen LogP contribution is -2.11. The summed E-state index contributed by atoms with van der Waals surface area (Å²) in [5.41, 5.74) is 2.23. The number of para-hydroxylation sites is 1. The van der Waals surface area contributed by atoms with Gasteiger partial charge >= 0.3 is 0 Å². The highest BCUT2D eigenvalue weighted by Gasteiger charge is 2.15. The maximum absolute atomic E-state index is 6.24. The number of benzene rings is 2. The van der Waals surface area contributed by atoms with E-state index in [0.29, 0.717) is 12.5 Å². The molecule has 0 saturated heterocycles. The molecule has 0 amide bonds. The molecule has 6 heteroatoms. The van der Waals surface area contributed by atoms with Crippen molar-refractivity contribution in [3.8, 4) is 17.2 Å². The summed E-state index contributed by atoms with van der Waals surface area (Å²) in [5.74, 6) is 4.50. The van der Waals surface area contributed by atoms with E-state index in [2.05, 4.69) is 52.0 Å². The largest absolute Gasteiger partial charge is 0.497 e. The molecule has 2 aromatic carbocycles. The quantitative estimate of drug-likeness (QED) is 0.309. The van der Waals surface area contributed by atoms with Crippen LogP contribution in [0.15, 0.2) is 73.3 Å². The lowest BCUT2D eigenvalue weighted by atomic mass is 10.1. The van der Waals surface area contributed by atoms with Crippen molar-refractivity contribution in [1.29, 1.82) is 0 Å². The number of imidazole rings is 2. The highest BCUT2D eigenvalue weighted by atomic mass is 16.5. The molecule has 0 fully saturated rings. The summed E-state index contributed by atoms with van der Waals surface area (Å²) in [6, 6.07) is 16.3. The molecule has 2 heterocycles. The number of rotatable bonds is 10. The molecule has 1 atom stereocenters. The Morgan fingerprint density at radius 3 is 2.36 bits per heavy atom. The molecule has 2 aromatic heterocycles. The highest BCUT2D eigenvalue weighted by molar-refractivity contribution is 5.39. The first kappa shape index (κ1) is 22.6. The normalized spacial score (nSPS) is 12.2. The van der Waals surface area contributed by atoms with E-state index in [1.165, 1.54) is 0 Å². The van der Waals surface area contributed by atoms with Crippen LogP contribution in [0.2, 0.25) is 0 Å². The predicted molar refractivity (Wildman–Crippen MR) is 131 cm³/mol. The number of methoxy groups -OCH3 is 1.